The summed E-state index contributed by atoms with van der Waals surface area (Å²) in [7, 11) is 1.66. The topological polar surface area (TPSA) is 71.6 Å². The number of morpholine rings is 1. The number of nitrogens with two attached hydrogens (primary N) is 1. The monoisotopic (exact) mass is 277 g/mol. The van der Waals surface area contributed by atoms with Crippen molar-refractivity contribution in [1.82, 2.24) is 4.90 Å². The van der Waals surface area contributed by atoms with E-state index in [1.54, 1.807) is 7.11 Å². The van der Waals surface area contributed by atoms with Crippen LogP contribution >= 0.6 is 0 Å². The van der Waals surface area contributed by atoms with Crippen molar-refractivity contribution in [3.8, 4) is 5.75 Å². The molecule has 1 aliphatic rings. The highest BCUT2D eigenvalue weighted by molar-refractivity contribution is 5.95. The van der Waals surface area contributed by atoms with E-state index in [0.717, 1.165) is 43.1 Å². The largest absolute Gasteiger partial charge is 0.496 e. The number of nitrogen functional groups attached to an aromatic ring is 1. The third-order valence-corrected chi connectivity index (χ3v) is 3.49. The Hall–Kier alpha value is -1.59. The molecule has 5 heteroatoms. The molecule has 0 amide bonds. The summed E-state index contributed by atoms with van der Waals surface area (Å²) < 4.78 is 11.1. The van der Waals surface area contributed by atoms with E-state index in [-0.39, 0.29) is 11.4 Å². The summed E-state index contributed by atoms with van der Waals surface area (Å²) in [6, 6.07) is 5.62. The van der Waals surface area contributed by atoms with Gasteiger partial charge >= 0.3 is 0 Å². The predicted molar refractivity (Wildman–Crippen MR) is 79.3 cm³/mol. The summed E-state index contributed by atoms with van der Waals surface area (Å²) in [5, 5.41) is 7.55. The first-order chi connectivity index (χ1) is 9.41. The number of benzene rings is 1. The normalized spacial score (nSPS) is 18.8. The minimum atomic E-state index is -0.121. The number of amidine groups is 1. The fraction of sp³-hybridized carbons (Fsp3) is 0.533. The summed E-state index contributed by atoms with van der Waals surface area (Å²) in [4.78, 5) is 2.34. The third kappa shape index (κ3) is 3.49. The molecule has 2 rings (SSSR count). The zero-order chi connectivity index (χ0) is 14.8. The van der Waals surface area contributed by atoms with Crippen LogP contribution in [0.2, 0.25) is 0 Å². The molecule has 0 atom stereocenters. The number of nitrogens with zero attached hydrogens (tertiary/aromatic N) is 1. The van der Waals surface area contributed by atoms with Gasteiger partial charge in [0.1, 0.15) is 11.6 Å². The Morgan fingerprint density at radius 1 is 1.50 bits per heavy atom. The Bertz CT molecular complexity index is 500. The zero-order valence-electron chi connectivity index (χ0n) is 12.4. The Balaban J connectivity index is 2.18. The van der Waals surface area contributed by atoms with Gasteiger partial charge < -0.3 is 15.2 Å². The van der Waals surface area contributed by atoms with E-state index < -0.39 is 0 Å². The molecule has 1 heterocycles. The van der Waals surface area contributed by atoms with Crippen molar-refractivity contribution < 1.29 is 9.47 Å². The van der Waals surface area contributed by atoms with E-state index in [2.05, 4.69) is 18.7 Å². The van der Waals surface area contributed by atoms with Gasteiger partial charge in [0.15, 0.2) is 0 Å². The van der Waals surface area contributed by atoms with Crippen LogP contribution in [0.3, 0.4) is 0 Å². The summed E-state index contributed by atoms with van der Waals surface area (Å²) in [5.41, 5.74) is 7.22. The Labute approximate surface area is 120 Å². The fourth-order valence-electron chi connectivity index (χ4n) is 2.56. The highest BCUT2D eigenvalue weighted by atomic mass is 16.5. The summed E-state index contributed by atoms with van der Waals surface area (Å²) in [6.07, 6.45) is 0. The van der Waals surface area contributed by atoms with Crippen molar-refractivity contribution in [2.45, 2.75) is 26.0 Å². The molecule has 0 saturated carbocycles. The quantitative estimate of drug-likeness (QED) is 0.647. The van der Waals surface area contributed by atoms with Gasteiger partial charge in [0.05, 0.1) is 19.3 Å². The smallest absolute Gasteiger partial charge is 0.123 e. The number of methoxy groups -OCH3 is 1. The molecule has 1 fully saturated rings. The van der Waals surface area contributed by atoms with Crippen LogP contribution in [-0.2, 0) is 11.3 Å². The fourth-order valence-corrected chi connectivity index (χ4v) is 2.56. The average molecular weight is 277 g/mol. The minimum Gasteiger partial charge on any atom is -0.496 e. The minimum absolute atomic E-state index is 0.0798. The average Bonchev–Trinajstić information content (AvgIpc) is 2.37. The summed E-state index contributed by atoms with van der Waals surface area (Å²) in [5.74, 6) is 0.913. The van der Waals surface area contributed by atoms with E-state index in [4.69, 9.17) is 20.6 Å². The van der Waals surface area contributed by atoms with Gasteiger partial charge in [-0.05, 0) is 32.0 Å². The van der Waals surface area contributed by atoms with Crippen molar-refractivity contribution in [2.75, 3.05) is 26.8 Å². The predicted octanol–water partition coefficient (Wildman–Crippen LogP) is 1.59. The molecular formula is C15H23N3O2. The molecule has 110 valence electrons. The highest BCUT2D eigenvalue weighted by Gasteiger charge is 2.27. The van der Waals surface area contributed by atoms with Crippen LogP contribution in [0.1, 0.15) is 25.0 Å². The third-order valence-electron chi connectivity index (χ3n) is 3.49. The van der Waals surface area contributed by atoms with Crippen LogP contribution in [0.5, 0.6) is 5.75 Å². The lowest BCUT2D eigenvalue weighted by Crippen LogP contribution is -2.47. The van der Waals surface area contributed by atoms with E-state index in [1.165, 1.54) is 0 Å². The molecule has 0 unspecified atom stereocenters. The van der Waals surface area contributed by atoms with Gasteiger partial charge in [0.2, 0.25) is 0 Å². The van der Waals surface area contributed by atoms with Gasteiger partial charge in [-0.3, -0.25) is 10.3 Å². The Kier molecular flexibility index (Phi) is 4.30. The molecule has 5 nitrogen and oxygen atoms in total. The van der Waals surface area contributed by atoms with Crippen LogP contribution in [0.25, 0.3) is 0 Å². The molecule has 0 aliphatic carbocycles. The molecule has 0 spiro atoms. The van der Waals surface area contributed by atoms with Crippen LogP contribution in [0.4, 0.5) is 0 Å². The lowest BCUT2D eigenvalue weighted by atomic mass is 10.0. The molecule has 0 aromatic heterocycles. The van der Waals surface area contributed by atoms with Crippen molar-refractivity contribution >= 4 is 5.84 Å². The van der Waals surface area contributed by atoms with Crippen molar-refractivity contribution in [2.24, 2.45) is 5.73 Å². The highest BCUT2D eigenvalue weighted by Crippen LogP contribution is 2.24. The van der Waals surface area contributed by atoms with Crippen LogP contribution < -0.4 is 10.5 Å². The van der Waals surface area contributed by atoms with Crippen molar-refractivity contribution in [3.63, 3.8) is 0 Å². The van der Waals surface area contributed by atoms with E-state index in [0.29, 0.717) is 0 Å². The number of hydrogen-bond acceptors (Lipinski definition) is 4. The maximum absolute atomic E-state index is 7.55. The zero-order valence-corrected chi connectivity index (χ0v) is 12.4. The van der Waals surface area contributed by atoms with Gasteiger partial charge in [-0.25, -0.2) is 0 Å². The molecule has 1 aliphatic heterocycles. The molecule has 1 saturated heterocycles. The van der Waals surface area contributed by atoms with Crippen LogP contribution in [0.15, 0.2) is 18.2 Å². The van der Waals surface area contributed by atoms with Gasteiger partial charge in [0.25, 0.3) is 0 Å². The molecule has 1 aromatic carbocycles. The number of ether oxygens (including phenoxy) is 2. The molecule has 3 N–H and O–H groups in total. The number of nitrogens with one attached hydrogen (secondary N) is 1. The van der Waals surface area contributed by atoms with Crippen LogP contribution in [0, 0.1) is 5.41 Å². The maximum atomic E-state index is 7.55. The van der Waals surface area contributed by atoms with E-state index in [9.17, 15) is 0 Å². The summed E-state index contributed by atoms with van der Waals surface area (Å²) >= 11 is 0. The van der Waals surface area contributed by atoms with Gasteiger partial charge in [-0.2, -0.15) is 0 Å². The first-order valence-electron chi connectivity index (χ1n) is 6.79. The number of hydrogen-bond donors (Lipinski definition) is 2. The van der Waals surface area contributed by atoms with Gasteiger partial charge in [-0.15, -0.1) is 0 Å². The first-order valence-corrected chi connectivity index (χ1v) is 6.79. The maximum Gasteiger partial charge on any atom is 0.123 e. The molecule has 20 heavy (non-hydrogen) atoms. The second kappa shape index (κ2) is 5.81. The molecule has 0 bridgehead atoms. The van der Waals surface area contributed by atoms with E-state index >= 15 is 0 Å². The van der Waals surface area contributed by atoms with Crippen LogP contribution in [-0.4, -0.2) is 43.1 Å². The van der Waals surface area contributed by atoms with Gasteiger partial charge in [0, 0.05) is 30.8 Å². The second-order valence-corrected chi connectivity index (χ2v) is 5.76. The first kappa shape index (κ1) is 14.8. The standard InChI is InChI=1S/C15H23N3O2/c1-15(2)10-18(6-7-20-15)9-12-8-11(14(16)17)4-5-13(12)19-3/h4-5,8H,6-7,9-10H2,1-3H3,(H3,16,17). The molecule has 1 aromatic rings. The second-order valence-electron chi connectivity index (χ2n) is 5.76. The SMILES string of the molecule is COc1ccc(C(=N)N)cc1CN1CCOC(C)(C)C1. The molecule has 0 radical (unpaired) electrons. The van der Waals surface area contributed by atoms with E-state index in [1.807, 2.05) is 18.2 Å². The Morgan fingerprint density at radius 3 is 2.85 bits per heavy atom. The lowest BCUT2D eigenvalue weighted by Gasteiger charge is -2.38. The molecular weight excluding hydrogens is 254 g/mol. The number of rotatable bonds is 4. The Morgan fingerprint density at radius 2 is 2.25 bits per heavy atom. The van der Waals surface area contributed by atoms with Gasteiger partial charge in [-0.1, -0.05) is 0 Å². The van der Waals surface area contributed by atoms with Crippen molar-refractivity contribution in [3.05, 3.63) is 29.3 Å². The van der Waals surface area contributed by atoms with Crippen molar-refractivity contribution in [1.29, 1.82) is 5.41 Å². The summed E-state index contributed by atoms with van der Waals surface area (Å²) in [6.45, 7) is 7.49. The lowest BCUT2D eigenvalue weighted by molar-refractivity contribution is -0.0883.